The maximum atomic E-state index is 5.26. The summed E-state index contributed by atoms with van der Waals surface area (Å²) in [6, 6.07) is 5.28. The molecule has 0 aliphatic carbocycles. The third-order valence-electron chi connectivity index (χ3n) is 2.74. The van der Waals surface area contributed by atoms with Crippen LogP contribution in [0.2, 0.25) is 0 Å². The van der Waals surface area contributed by atoms with Crippen LogP contribution in [0.5, 0.6) is 0 Å². The van der Waals surface area contributed by atoms with Gasteiger partial charge in [0.15, 0.2) is 0 Å². The van der Waals surface area contributed by atoms with Crippen LogP contribution in [0.1, 0.15) is 44.0 Å². The molecule has 3 heteroatoms. The highest BCUT2D eigenvalue weighted by Gasteiger charge is 2.15. The van der Waals surface area contributed by atoms with Crippen molar-refractivity contribution in [1.29, 1.82) is 0 Å². The zero-order valence-electron chi connectivity index (χ0n) is 10.5. The van der Waals surface area contributed by atoms with Crippen molar-refractivity contribution in [3.63, 3.8) is 0 Å². The van der Waals surface area contributed by atoms with Crippen LogP contribution in [-0.2, 0) is 4.74 Å². The second-order valence-electron chi connectivity index (χ2n) is 4.08. The molecule has 1 aromatic heterocycles. The van der Waals surface area contributed by atoms with Crippen molar-refractivity contribution in [2.45, 2.75) is 45.2 Å². The molecule has 0 bridgehead atoms. The molecule has 2 nitrogen and oxygen atoms in total. The third kappa shape index (κ3) is 4.24. The van der Waals surface area contributed by atoms with E-state index in [1.165, 1.54) is 17.7 Å². The SMILES string of the molecule is CCCC(COC)NC(CC)c1cccs1. The molecule has 1 heterocycles. The van der Waals surface area contributed by atoms with Gasteiger partial charge in [0.25, 0.3) is 0 Å². The van der Waals surface area contributed by atoms with Crippen LogP contribution < -0.4 is 5.32 Å². The van der Waals surface area contributed by atoms with E-state index in [2.05, 4.69) is 36.7 Å². The Balaban J connectivity index is 2.53. The number of ether oxygens (including phenoxy) is 1. The van der Waals surface area contributed by atoms with Crippen molar-refractivity contribution in [3.8, 4) is 0 Å². The van der Waals surface area contributed by atoms with E-state index in [0.29, 0.717) is 12.1 Å². The Morgan fingerprint density at radius 3 is 2.75 bits per heavy atom. The number of methoxy groups -OCH3 is 1. The molecule has 1 N–H and O–H groups in total. The molecule has 0 spiro atoms. The lowest BCUT2D eigenvalue weighted by atomic mass is 10.1. The molecule has 0 amide bonds. The van der Waals surface area contributed by atoms with Gasteiger partial charge in [0.05, 0.1) is 6.61 Å². The minimum absolute atomic E-state index is 0.474. The topological polar surface area (TPSA) is 21.3 Å². The van der Waals surface area contributed by atoms with E-state index in [4.69, 9.17) is 4.74 Å². The van der Waals surface area contributed by atoms with Gasteiger partial charge in [-0.15, -0.1) is 11.3 Å². The standard InChI is InChI=1S/C13H23NOS/c1-4-7-11(10-15-3)14-12(5-2)13-8-6-9-16-13/h6,8-9,11-12,14H,4-5,7,10H2,1-3H3. The highest BCUT2D eigenvalue weighted by molar-refractivity contribution is 7.10. The van der Waals surface area contributed by atoms with Crippen LogP contribution in [0.25, 0.3) is 0 Å². The third-order valence-corrected chi connectivity index (χ3v) is 3.72. The predicted molar refractivity (Wildman–Crippen MR) is 71.1 cm³/mol. The number of thiophene rings is 1. The van der Waals surface area contributed by atoms with Crippen LogP contribution in [0.4, 0.5) is 0 Å². The quantitative estimate of drug-likeness (QED) is 0.751. The summed E-state index contributed by atoms with van der Waals surface area (Å²) in [6.07, 6.45) is 3.50. The summed E-state index contributed by atoms with van der Waals surface area (Å²) >= 11 is 1.83. The lowest BCUT2D eigenvalue weighted by Crippen LogP contribution is -2.35. The van der Waals surface area contributed by atoms with Gasteiger partial charge < -0.3 is 10.1 Å². The Kier molecular flexibility index (Phi) is 6.69. The Labute approximate surface area is 103 Å². The van der Waals surface area contributed by atoms with E-state index in [1.54, 1.807) is 7.11 Å². The van der Waals surface area contributed by atoms with Gasteiger partial charge in [-0.2, -0.15) is 0 Å². The molecule has 1 rings (SSSR count). The molecule has 92 valence electrons. The monoisotopic (exact) mass is 241 g/mol. The van der Waals surface area contributed by atoms with Crippen molar-refractivity contribution in [2.24, 2.45) is 0 Å². The molecular weight excluding hydrogens is 218 g/mol. The second kappa shape index (κ2) is 7.82. The Morgan fingerprint density at radius 1 is 1.44 bits per heavy atom. The average Bonchev–Trinajstić information content (AvgIpc) is 2.79. The van der Waals surface area contributed by atoms with Crippen LogP contribution in [0.3, 0.4) is 0 Å². The van der Waals surface area contributed by atoms with Gasteiger partial charge in [-0.05, 0) is 24.3 Å². The summed E-state index contributed by atoms with van der Waals surface area (Å²) in [4.78, 5) is 1.43. The van der Waals surface area contributed by atoms with Crippen molar-refractivity contribution >= 4 is 11.3 Å². The van der Waals surface area contributed by atoms with Crippen LogP contribution in [0, 0.1) is 0 Å². The minimum Gasteiger partial charge on any atom is -0.383 e. The first kappa shape index (κ1) is 13.7. The molecule has 0 aliphatic rings. The van der Waals surface area contributed by atoms with Gasteiger partial charge >= 0.3 is 0 Å². The molecule has 2 atom stereocenters. The number of hydrogen-bond acceptors (Lipinski definition) is 3. The van der Waals surface area contributed by atoms with E-state index in [1.807, 2.05) is 11.3 Å². The van der Waals surface area contributed by atoms with Crippen LogP contribution in [-0.4, -0.2) is 19.8 Å². The van der Waals surface area contributed by atoms with Crippen LogP contribution >= 0.6 is 11.3 Å². The van der Waals surface area contributed by atoms with Gasteiger partial charge in [0, 0.05) is 24.1 Å². The van der Waals surface area contributed by atoms with Gasteiger partial charge in [-0.25, -0.2) is 0 Å². The molecule has 0 fully saturated rings. The molecular formula is C13H23NOS. The average molecular weight is 241 g/mol. The minimum atomic E-state index is 0.474. The van der Waals surface area contributed by atoms with Crippen molar-refractivity contribution < 1.29 is 4.74 Å². The number of nitrogens with one attached hydrogen (secondary N) is 1. The van der Waals surface area contributed by atoms with Crippen LogP contribution in [0.15, 0.2) is 17.5 Å². The molecule has 0 saturated heterocycles. The first-order valence-electron chi connectivity index (χ1n) is 6.10. The smallest absolute Gasteiger partial charge is 0.0616 e. The highest BCUT2D eigenvalue weighted by Crippen LogP contribution is 2.22. The summed E-state index contributed by atoms with van der Waals surface area (Å²) < 4.78 is 5.26. The van der Waals surface area contributed by atoms with Gasteiger partial charge in [-0.3, -0.25) is 0 Å². The van der Waals surface area contributed by atoms with Gasteiger partial charge in [0.2, 0.25) is 0 Å². The summed E-state index contributed by atoms with van der Waals surface area (Å²) in [5.74, 6) is 0. The summed E-state index contributed by atoms with van der Waals surface area (Å²) in [5.41, 5.74) is 0. The Bertz CT molecular complexity index is 255. The first-order chi connectivity index (χ1) is 7.81. The first-order valence-corrected chi connectivity index (χ1v) is 6.98. The van der Waals surface area contributed by atoms with Crippen molar-refractivity contribution in [3.05, 3.63) is 22.4 Å². The fourth-order valence-electron chi connectivity index (χ4n) is 1.94. The second-order valence-corrected chi connectivity index (χ2v) is 5.06. The van der Waals surface area contributed by atoms with E-state index in [0.717, 1.165) is 13.0 Å². The Morgan fingerprint density at radius 2 is 2.25 bits per heavy atom. The largest absolute Gasteiger partial charge is 0.383 e. The predicted octanol–water partition coefficient (Wildman–Crippen LogP) is 3.60. The fourth-order valence-corrected chi connectivity index (χ4v) is 2.81. The summed E-state index contributed by atoms with van der Waals surface area (Å²) in [6.45, 7) is 5.25. The molecule has 0 saturated carbocycles. The van der Waals surface area contributed by atoms with Gasteiger partial charge in [-0.1, -0.05) is 26.3 Å². The van der Waals surface area contributed by atoms with E-state index >= 15 is 0 Å². The lowest BCUT2D eigenvalue weighted by molar-refractivity contribution is 0.155. The molecule has 16 heavy (non-hydrogen) atoms. The molecule has 0 aliphatic heterocycles. The molecule has 0 aromatic carbocycles. The number of hydrogen-bond donors (Lipinski definition) is 1. The zero-order chi connectivity index (χ0) is 11.8. The molecule has 1 aromatic rings. The van der Waals surface area contributed by atoms with E-state index in [9.17, 15) is 0 Å². The molecule has 0 radical (unpaired) electrons. The summed E-state index contributed by atoms with van der Waals surface area (Å²) in [7, 11) is 1.77. The van der Waals surface area contributed by atoms with E-state index in [-0.39, 0.29) is 0 Å². The zero-order valence-corrected chi connectivity index (χ0v) is 11.3. The maximum Gasteiger partial charge on any atom is 0.0616 e. The fraction of sp³-hybridized carbons (Fsp3) is 0.692. The molecule has 2 unspecified atom stereocenters. The highest BCUT2D eigenvalue weighted by atomic mass is 32.1. The Hall–Kier alpha value is -0.380. The van der Waals surface area contributed by atoms with Crippen molar-refractivity contribution in [1.82, 2.24) is 5.32 Å². The number of rotatable bonds is 8. The van der Waals surface area contributed by atoms with E-state index < -0.39 is 0 Å². The normalized spacial score (nSPS) is 14.9. The maximum absolute atomic E-state index is 5.26. The lowest BCUT2D eigenvalue weighted by Gasteiger charge is -2.23. The van der Waals surface area contributed by atoms with Gasteiger partial charge in [0.1, 0.15) is 0 Å². The van der Waals surface area contributed by atoms with Crippen molar-refractivity contribution in [2.75, 3.05) is 13.7 Å². The summed E-state index contributed by atoms with van der Waals surface area (Å²) in [5, 5.41) is 5.84.